The summed E-state index contributed by atoms with van der Waals surface area (Å²) in [5, 5.41) is 14.5. The first-order valence-electron chi connectivity index (χ1n) is 5.91. The Morgan fingerprint density at radius 3 is 2.68 bits per heavy atom. The number of rotatable bonds is 4. The summed E-state index contributed by atoms with van der Waals surface area (Å²) in [6.45, 7) is 2.03. The van der Waals surface area contributed by atoms with Gasteiger partial charge >= 0.3 is 0 Å². The van der Waals surface area contributed by atoms with Gasteiger partial charge in [0.05, 0.1) is 6.10 Å². The molecular weight excluding hydrogens is 285 g/mol. The first-order valence-corrected chi connectivity index (χ1v) is 7.23. The zero-order valence-corrected chi connectivity index (χ0v) is 12.0. The molecule has 1 aromatic heterocycles. The summed E-state index contributed by atoms with van der Waals surface area (Å²) in [6.07, 6.45) is -0.856. The van der Waals surface area contributed by atoms with Gasteiger partial charge in [-0.1, -0.05) is 17.7 Å². The van der Waals surface area contributed by atoms with Crippen LogP contribution in [0.3, 0.4) is 0 Å². The van der Waals surface area contributed by atoms with Crippen molar-refractivity contribution in [2.75, 3.05) is 6.54 Å². The molecule has 0 fully saturated rings. The lowest BCUT2D eigenvalue weighted by Crippen LogP contribution is -2.21. The van der Waals surface area contributed by atoms with Gasteiger partial charge in [0, 0.05) is 23.0 Å². The van der Waals surface area contributed by atoms with E-state index in [9.17, 15) is 9.50 Å². The van der Waals surface area contributed by atoms with E-state index in [0.29, 0.717) is 5.02 Å². The molecule has 2 aromatic rings. The number of hydrogen-bond donors (Lipinski definition) is 2. The van der Waals surface area contributed by atoms with Gasteiger partial charge in [-0.2, -0.15) is 11.3 Å². The molecule has 0 aliphatic heterocycles. The van der Waals surface area contributed by atoms with Crippen molar-refractivity contribution in [3.8, 4) is 0 Å². The molecule has 2 rings (SSSR count). The zero-order valence-electron chi connectivity index (χ0n) is 10.4. The Morgan fingerprint density at radius 2 is 2.16 bits per heavy atom. The Kier molecular flexibility index (Phi) is 4.58. The van der Waals surface area contributed by atoms with Gasteiger partial charge < -0.3 is 10.8 Å². The van der Waals surface area contributed by atoms with Gasteiger partial charge in [-0.05, 0) is 40.9 Å². The Bertz CT molecular complexity index is 552. The first-order chi connectivity index (χ1) is 9.06. The summed E-state index contributed by atoms with van der Waals surface area (Å²) in [5.74, 6) is -0.989. The summed E-state index contributed by atoms with van der Waals surface area (Å²) in [7, 11) is 0. The minimum atomic E-state index is -0.856. The van der Waals surface area contributed by atoms with E-state index >= 15 is 0 Å². The van der Waals surface area contributed by atoms with Gasteiger partial charge in [-0.25, -0.2) is 4.39 Å². The van der Waals surface area contributed by atoms with E-state index in [2.05, 4.69) is 0 Å². The van der Waals surface area contributed by atoms with Crippen LogP contribution in [0.4, 0.5) is 4.39 Å². The third-order valence-corrected chi connectivity index (χ3v) is 4.43. The fourth-order valence-corrected chi connectivity index (χ4v) is 3.34. The summed E-state index contributed by atoms with van der Waals surface area (Å²) >= 11 is 7.54. The number of nitrogens with two attached hydrogens (primary N) is 1. The molecule has 102 valence electrons. The van der Waals surface area contributed by atoms with E-state index in [-0.39, 0.29) is 12.1 Å². The minimum Gasteiger partial charge on any atom is -0.388 e. The van der Waals surface area contributed by atoms with Crippen LogP contribution in [0.2, 0.25) is 5.02 Å². The minimum absolute atomic E-state index is 0.122. The molecule has 2 nitrogen and oxygen atoms in total. The highest BCUT2D eigenvalue weighted by molar-refractivity contribution is 7.08. The van der Waals surface area contributed by atoms with E-state index in [0.717, 1.165) is 11.1 Å². The second kappa shape index (κ2) is 6.01. The lowest BCUT2D eigenvalue weighted by atomic mass is 9.88. The first kappa shape index (κ1) is 14.5. The molecule has 0 amide bonds. The molecule has 0 saturated carbocycles. The zero-order chi connectivity index (χ0) is 14.0. The van der Waals surface area contributed by atoms with Crippen molar-refractivity contribution >= 4 is 22.9 Å². The Labute approximate surface area is 120 Å². The van der Waals surface area contributed by atoms with Gasteiger partial charge in [0.15, 0.2) is 0 Å². The predicted octanol–water partition coefficient (Wildman–Crippen LogP) is 3.62. The fraction of sp³-hybridized carbons (Fsp3) is 0.286. The van der Waals surface area contributed by atoms with Gasteiger partial charge in [-0.3, -0.25) is 0 Å². The molecule has 1 aromatic carbocycles. The van der Waals surface area contributed by atoms with Crippen molar-refractivity contribution in [1.82, 2.24) is 0 Å². The van der Waals surface area contributed by atoms with Crippen molar-refractivity contribution < 1.29 is 9.50 Å². The topological polar surface area (TPSA) is 46.2 Å². The Balaban J connectivity index is 2.43. The lowest BCUT2D eigenvalue weighted by Gasteiger charge is -2.23. The average Bonchev–Trinajstić information content (AvgIpc) is 2.79. The Morgan fingerprint density at radius 1 is 1.42 bits per heavy atom. The molecule has 0 aliphatic carbocycles. The molecule has 0 radical (unpaired) electrons. The number of halogens is 2. The van der Waals surface area contributed by atoms with Crippen LogP contribution in [0.25, 0.3) is 0 Å². The number of aliphatic hydroxyl groups excluding tert-OH is 1. The fourth-order valence-electron chi connectivity index (χ4n) is 2.16. The second-order valence-corrected chi connectivity index (χ2v) is 5.58. The predicted molar refractivity (Wildman–Crippen MR) is 77.2 cm³/mol. The molecule has 1 heterocycles. The third kappa shape index (κ3) is 2.82. The Hall–Kier alpha value is -0.940. The van der Waals surface area contributed by atoms with Gasteiger partial charge in [0.2, 0.25) is 0 Å². The van der Waals surface area contributed by atoms with Gasteiger partial charge in [0.25, 0.3) is 0 Å². The van der Waals surface area contributed by atoms with E-state index in [4.69, 9.17) is 17.3 Å². The van der Waals surface area contributed by atoms with Crippen LogP contribution in [0.5, 0.6) is 0 Å². The van der Waals surface area contributed by atoms with Gasteiger partial charge in [-0.15, -0.1) is 0 Å². The maximum Gasteiger partial charge on any atom is 0.128 e. The summed E-state index contributed by atoms with van der Waals surface area (Å²) in [4.78, 5) is 0. The van der Waals surface area contributed by atoms with Crippen LogP contribution < -0.4 is 5.73 Å². The molecule has 19 heavy (non-hydrogen) atoms. The van der Waals surface area contributed by atoms with E-state index in [1.165, 1.54) is 23.5 Å². The highest BCUT2D eigenvalue weighted by Crippen LogP contribution is 2.37. The number of aliphatic hydroxyl groups is 1. The molecule has 0 saturated heterocycles. The SMILES string of the molecule is Cc1cscc1C(O)C(CN)c1c(F)cccc1Cl. The van der Waals surface area contributed by atoms with E-state index < -0.39 is 17.8 Å². The van der Waals surface area contributed by atoms with Crippen LogP contribution in [0, 0.1) is 12.7 Å². The molecular formula is C14H15ClFNOS. The number of aryl methyl sites for hydroxylation is 1. The number of benzene rings is 1. The summed E-state index contributed by atoms with van der Waals surface area (Å²) < 4.78 is 13.9. The smallest absolute Gasteiger partial charge is 0.128 e. The largest absolute Gasteiger partial charge is 0.388 e. The summed E-state index contributed by atoms with van der Waals surface area (Å²) in [5.41, 5.74) is 7.75. The molecule has 2 unspecified atom stereocenters. The van der Waals surface area contributed by atoms with Crippen LogP contribution in [-0.4, -0.2) is 11.7 Å². The molecule has 0 aliphatic rings. The van der Waals surface area contributed by atoms with Crippen molar-refractivity contribution in [3.05, 3.63) is 56.5 Å². The van der Waals surface area contributed by atoms with Crippen molar-refractivity contribution in [1.29, 1.82) is 0 Å². The van der Waals surface area contributed by atoms with Gasteiger partial charge in [0.1, 0.15) is 5.82 Å². The van der Waals surface area contributed by atoms with Crippen LogP contribution in [-0.2, 0) is 0 Å². The maximum absolute atomic E-state index is 13.9. The lowest BCUT2D eigenvalue weighted by molar-refractivity contribution is 0.145. The van der Waals surface area contributed by atoms with Crippen molar-refractivity contribution in [3.63, 3.8) is 0 Å². The van der Waals surface area contributed by atoms with Crippen molar-refractivity contribution in [2.24, 2.45) is 5.73 Å². The quantitative estimate of drug-likeness (QED) is 0.905. The monoisotopic (exact) mass is 299 g/mol. The van der Waals surface area contributed by atoms with Crippen LogP contribution in [0.15, 0.2) is 29.0 Å². The van der Waals surface area contributed by atoms with E-state index in [1.54, 1.807) is 6.07 Å². The summed E-state index contributed by atoms with van der Waals surface area (Å²) in [6, 6.07) is 4.48. The third-order valence-electron chi connectivity index (χ3n) is 3.22. The van der Waals surface area contributed by atoms with Crippen molar-refractivity contribution in [2.45, 2.75) is 18.9 Å². The van der Waals surface area contributed by atoms with Crippen LogP contribution >= 0.6 is 22.9 Å². The van der Waals surface area contributed by atoms with Crippen LogP contribution in [0.1, 0.15) is 28.7 Å². The van der Waals surface area contributed by atoms with E-state index in [1.807, 2.05) is 17.7 Å². The standard InChI is InChI=1S/C14H15ClFNOS/c1-8-6-19-7-10(8)14(18)9(5-17)13-11(15)3-2-4-12(13)16/h2-4,6-7,9,14,18H,5,17H2,1H3. The molecule has 0 spiro atoms. The molecule has 3 N–H and O–H groups in total. The number of thiophene rings is 1. The average molecular weight is 300 g/mol. The second-order valence-electron chi connectivity index (χ2n) is 4.43. The molecule has 2 atom stereocenters. The molecule has 0 bridgehead atoms. The molecule has 5 heteroatoms. The highest BCUT2D eigenvalue weighted by Gasteiger charge is 2.27. The normalized spacial score (nSPS) is 14.4. The maximum atomic E-state index is 13.9. The highest BCUT2D eigenvalue weighted by atomic mass is 35.5. The number of hydrogen-bond acceptors (Lipinski definition) is 3.